The van der Waals surface area contributed by atoms with E-state index in [1.165, 1.54) is 25.2 Å². The summed E-state index contributed by atoms with van der Waals surface area (Å²) in [5, 5.41) is 8.66. The smallest absolute Gasteiger partial charge is 0.301 e. The molecule has 1 rings (SSSR count). The minimum Gasteiger partial charge on any atom is -0.396 e. The highest BCUT2D eigenvalue weighted by atomic mass is 32.2. The van der Waals surface area contributed by atoms with Crippen LogP contribution in [0.25, 0.3) is 0 Å². The van der Waals surface area contributed by atoms with Crippen LogP contribution in [0.3, 0.4) is 0 Å². The number of aryl methyl sites for hydroxylation is 1. The minimum atomic E-state index is -3.67. The quantitative estimate of drug-likeness (QED) is 0.817. The molecule has 18 heavy (non-hydrogen) atoms. The Hall–Kier alpha value is -1.18. The van der Waals surface area contributed by atoms with Crippen LogP contribution in [-0.2, 0) is 10.2 Å². The lowest BCUT2D eigenvalue weighted by Gasteiger charge is -2.18. The molecule has 0 aliphatic rings. The second kappa shape index (κ2) is 6.12. The number of halogens is 1. The summed E-state index contributed by atoms with van der Waals surface area (Å²) < 4.78 is 40.1. The first-order chi connectivity index (χ1) is 8.36. The van der Waals surface area contributed by atoms with Gasteiger partial charge in [-0.05, 0) is 37.1 Å². The third-order valence-corrected chi connectivity index (χ3v) is 3.95. The maximum Gasteiger partial charge on any atom is 0.301 e. The van der Waals surface area contributed by atoms with Gasteiger partial charge in [-0.25, -0.2) is 4.39 Å². The van der Waals surface area contributed by atoms with Crippen molar-refractivity contribution >= 4 is 15.9 Å². The number of aliphatic hydroxyl groups excluding tert-OH is 1. The van der Waals surface area contributed by atoms with Crippen LogP contribution >= 0.6 is 0 Å². The summed E-state index contributed by atoms with van der Waals surface area (Å²) in [5.74, 6) is -0.413. The Kier molecular flexibility index (Phi) is 5.06. The Morgan fingerprint density at radius 2 is 2.11 bits per heavy atom. The third kappa shape index (κ3) is 3.94. The van der Waals surface area contributed by atoms with Gasteiger partial charge in [-0.15, -0.1) is 0 Å². The van der Waals surface area contributed by atoms with Gasteiger partial charge in [0, 0.05) is 20.2 Å². The molecule has 2 N–H and O–H groups in total. The number of hydrogen-bond donors (Lipinski definition) is 2. The van der Waals surface area contributed by atoms with E-state index in [4.69, 9.17) is 5.11 Å². The van der Waals surface area contributed by atoms with E-state index in [1.54, 1.807) is 6.92 Å². The topological polar surface area (TPSA) is 69.6 Å². The molecular formula is C11H17FN2O3S. The van der Waals surface area contributed by atoms with E-state index in [-0.39, 0.29) is 13.2 Å². The van der Waals surface area contributed by atoms with Gasteiger partial charge in [-0.3, -0.25) is 4.72 Å². The van der Waals surface area contributed by atoms with E-state index in [2.05, 4.69) is 4.72 Å². The van der Waals surface area contributed by atoms with Gasteiger partial charge in [0.2, 0.25) is 0 Å². The Morgan fingerprint density at radius 3 is 2.67 bits per heavy atom. The van der Waals surface area contributed by atoms with Crippen molar-refractivity contribution in [1.29, 1.82) is 0 Å². The van der Waals surface area contributed by atoms with Gasteiger partial charge >= 0.3 is 10.2 Å². The van der Waals surface area contributed by atoms with E-state index in [0.29, 0.717) is 17.7 Å². The molecule has 102 valence electrons. The predicted octanol–water partition coefficient (Wildman–Crippen LogP) is 1.11. The van der Waals surface area contributed by atoms with Crippen molar-refractivity contribution in [3.05, 3.63) is 29.6 Å². The van der Waals surface area contributed by atoms with Gasteiger partial charge in [0.25, 0.3) is 0 Å². The van der Waals surface area contributed by atoms with Crippen LogP contribution in [0.2, 0.25) is 0 Å². The van der Waals surface area contributed by atoms with E-state index in [0.717, 1.165) is 4.31 Å². The third-order valence-electron chi connectivity index (χ3n) is 2.47. The lowest BCUT2D eigenvalue weighted by Crippen LogP contribution is -2.33. The van der Waals surface area contributed by atoms with Crippen molar-refractivity contribution < 1.29 is 17.9 Å². The molecule has 0 aliphatic carbocycles. The van der Waals surface area contributed by atoms with E-state index < -0.39 is 16.0 Å². The van der Waals surface area contributed by atoms with Gasteiger partial charge in [-0.2, -0.15) is 12.7 Å². The first kappa shape index (κ1) is 14.9. The number of nitrogens with zero attached hydrogens (tertiary/aromatic N) is 1. The van der Waals surface area contributed by atoms with Crippen molar-refractivity contribution in [2.45, 2.75) is 13.3 Å². The molecule has 1 aromatic rings. The molecule has 1 aromatic carbocycles. The van der Waals surface area contributed by atoms with Crippen molar-refractivity contribution in [3.8, 4) is 0 Å². The lowest BCUT2D eigenvalue weighted by atomic mass is 10.2. The fourth-order valence-electron chi connectivity index (χ4n) is 1.37. The Morgan fingerprint density at radius 1 is 1.44 bits per heavy atom. The summed E-state index contributed by atoms with van der Waals surface area (Å²) >= 11 is 0. The molecule has 0 aliphatic heterocycles. The van der Waals surface area contributed by atoms with Gasteiger partial charge in [0.15, 0.2) is 0 Å². The van der Waals surface area contributed by atoms with Gasteiger partial charge < -0.3 is 5.11 Å². The molecule has 0 heterocycles. The Labute approximate surface area is 106 Å². The van der Waals surface area contributed by atoms with E-state index in [1.807, 2.05) is 0 Å². The molecule has 0 saturated heterocycles. The molecule has 0 atom stereocenters. The normalized spacial score (nSPS) is 11.8. The second-order valence-corrected chi connectivity index (χ2v) is 5.74. The molecule has 0 fully saturated rings. The summed E-state index contributed by atoms with van der Waals surface area (Å²) in [6.07, 6.45) is 0.361. The lowest BCUT2D eigenvalue weighted by molar-refractivity contribution is 0.276. The largest absolute Gasteiger partial charge is 0.396 e. The average Bonchev–Trinajstić information content (AvgIpc) is 2.29. The molecule has 0 aromatic heterocycles. The maximum absolute atomic E-state index is 12.9. The van der Waals surface area contributed by atoms with Crippen LogP contribution in [0.5, 0.6) is 0 Å². The zero-order valence-electron chi connectivity index (χ0n) is 10.4. The minimum absolute atomic E-state index is 0.0740. The molecule has 0 bridgehead atoms. The van der Waals surface area contributed by atoms with Crippen molar-refractivity contribution in [2.24, 2.45) is 0 Å². The first-order valence-corrected chi connectivity index (χ1v) is 6.92. The second-order valence-electron chi connectivity index (χ2n) is 3.97. The van der Waals surface area contributed by atoms with Crippen molar-refractivity contribution in [1.82, 2.24) is 4.31 Å². The van der Waals surface area contributed by atoms with Crippen LogP contribution in [0.15, 0.2) is 18.2 Å². The highest BCUT2D eigenvalue weighted by Crippen LogP contribution is 2.17. The molecule has 7 heteroatoms. The number of anilines is 1. The predicted molar refractivity (Wildman–Crippen MR) is 68.0 cm³/mol. The van der Waals surface area contributed by atoms with Gasteiger partial charge in [-0.1, -0.05) is 0 Å². The molecular weight excluding hydrogens is 259 g/mol. The fraction of sp³-hybridized carbons (Fsp3) is 0.455. The number of rotatable bonds is 6. The Bertz CT molecular complexity index is 505. The summed E-state index contributed by atoms with van der Waals surface area (Å²) in [4.78, 5) is 0. The first-order valence-electron chi connectivity index (χ1n) is 5.48. The monoisotopic (exact) mass is 276 g/mol. The van der Waals surface area contributed by atoms with Crippen LogP contribution in [-0.4, -0.2) is 38.0 Å². The summed E-state index contributed by atoms with van der Waals surface area (Å²) in [6.45, 7) is 1.76. The molecule has 5 nitrogen and oxygen atoms in total. The summed E-state index contributed by atoms with van der Waals surface area (Å²) in [5.41, 5.74) is 0.849. The molecule has 0 radical (unpaired) electrons. The zero-order chi connectivity index (χ0) is 13.8. The number of hydrogen-bond acceptors (Lipinski definition) is 3. The summed E-state index contributed by atoms with van der Waals surface area (Å²) in [6, 6.07) is 3.83. The fourth-order valence-corrected chi connectivity index (χ4v) is 2.40. The molecule has 0 amide bonds. The Balaban J connectivity index is 2.82. The standard InChI is InChI=1S/C11H17FN2O3S/c1-9-8-10(12)4-5-11(9)13-18(16,17)14(2)6-3-7-15/h4-5,8,13,15H,3,6-7H2,1-2H3. The van der Waals surface area contributed by atoms with Crippen LogP contribution in [0.1, 0.15) is 12.0 Å². The SMILES string of the molecule is Cc1cc(F)ccc1NS(=O)(=O)N(C)CCCO. The van der Waals surface area contributed by atoms with Crippen molar-refractivity contribution in [3.63, 3.8) is 0 Å². The highest BCUT2D eigenvalue weighted by Gasteiger charge is 2.17. The van der Waals surface area contributed by atoms with Crippen LogP contribution in [0.4, 0.5) is 10.1 Å². The van der Waals surface area contributed by atoms with E-state index >= 15 is 0 Å². The average molecular weight is 276 g/mol. The number of aliphatic hydroxyl groups is 1. The number of benzene rings is 1. The highest BCUT2D eigenvalue weighted by molar-refractivity contribution is 7.90. The van der Waals surface area contributed by atoms with E-state index in [9.17, 15) is 12.8 Å². The molecule has 0 unspecified atom stereocenters. The number of nitrogens with one attached hydrogen (secondary N) is 1. The maximum atomic E-state index is 12.9. The van der Waals surface area contributed by atoms with Crippen LogP contribution in [0, 0.1) is 12.7 Å². The van der Waals surface area contributed by atoms with Crippen LogP contribution < -0.4 is 4.72 Å². The van der Waals surface area contributed by atoms with Gasteiger partial charge in [0.05, 0.1) is 5.69 Å². The molecule has 0 spiro atoms. The molecule has 0 saturated carbocycles. The van der Waals surface area contributed by atoms with Gasteiger partial charge in [0.1, 0.15) is 5.82 Å². The summed E-state index contributed by atoms with van der Waals surface area (Å²) in [7, 11) is -2.26. The van der Waals surface area contributed by atoms with Crippen molar-refractivity contribution in [2.75, 3.05) is 24.9 Å². The zero-order valence-corrected chi connectivity index (χ0v) is 11.2.